The summed E-state index contributed by atoms with van der Waals surface area (Å²) >= 11 is 19.3. The van der Waals surface area contributed by atoms with Crippen molar-refractivity contribution in [3.8, 4) is 11.4 Å². The fraction of sp³-hybridized carbons (Fsp3) is 0.269. The lowest BCUT2D eigenvalue weighted by Crippen LogP contribution is -2.16. The van der Waals surface area contributed by atoms with E-state index in [0.717, 1.165) is 45.6 Å². The van der Waals surface area contributed by atoms with Crippen molar-refractivity contribution in [1.82, 2.24) is 9.78 Å². The van der Waals surface area contributed by atoms with E-state index in [1.807, 2.05) is 43.3 Å². The number of aliphatic hydroxyl groups excluding tert-OH is 1. The molecule has 1 aromatic heterocycles. The van der Waals surface area contributed by atoms with Gasteiger partial charge in [0.2, 0.25) is 0 Å². The van der Waals surface area contributed by atoms with Crippen LogP contribution in [0.15, 0.2) is 48.5 Å². The number of ether oxygens (including phenoxy) is 1. The van der Waals surface area contributed by atoms with E-state index in [-0.39, 0.29) is 13.2 Å². The summed E-state index contributed by atoms with van der Waals surface area (Å²) in [5.74, 6) is 1.62. The number of hydrogen-bond donors (Lipinski definition) is 1. The number of aromatic nitrogens is 2. The topological polar surface area (TPSA) is 50.5 Å². The lowest BCUT2D eigenvalue weighted by Gasteiger charge is -2.20. The van der Waals surface area contributed by atoms with Gasteiger partial charge in [-0.15, -0.1) is 0 Å². The van der Waals surface area contributed by atoms with Gasteiger partial charge in [-0.25, -0.2) is 4.68 Å². The van der Waals surface area contributed by atoms with Crippen LogP contribution in [-0.2, 0) is 12.8 Å². The molecule has 1 heterocycles. The second-order valence-electron chi connectivity index (χ2n) is 8.14. The standard InChI is InChI=1S/C26H26Cl3N3O2/c1-4-23-20(15-19-18-8-6-5-7-16(18)9-10-24(19)34-12-11-33)26(31(2)3)32(30-23)25-21(28)13-17(27)14-22(25)29/h5-10,13-14,33H,4,11-12,15H2,1-3H3. The zero-order valence-corrected chi connectivity index (χ0v) is 21.5. The van der Waals surface area contributed by atoms with Crippen LogP contribution in [-0.4, -0.2) is 42.2 Å². The fourth-order valence-corrected chi connectivity index (χ4v) is 5.25. The molecule has 3 aromatic carbocycles. The number of benzene rings is 3. The van der Waals surface area contributed by atoms with Gasteiger partial charge in [-0.1, -0.05) is 72.1 Å². The molecule has 0 saturated carbocycles. The van der Waals surface area contributed by atoms with E-state index >= 15 is 0 Å². The average Bonchev–Trinajstić information content (AvgIpc) is 3.15. The second kappa shape index (κ2) is 10.4. The molecular weight excluding hydrogens is 493 g/mol. The summed E-state index contributed by atoms with van der Waals surface area (Å²) in [5.41, 5.74) is 3.62. The number of aryl methyl sites for hydroxylation is 1. The highest BCUT2D eigenvalue weighted by Crippen LogP contribution is 2.39. The van der Waals surface area contributed by atoms with Crippen LogP contribution in [0.5, 0.6) is 5.75 Å². The Bertz CT molecular complexity index is 1310. The molecule has 0 spiro atoms. The molecule has 0 aliphatic rings. The summed E-state index contributed by atoms with van der Waals surface area (Å²) in [5, 5.41) is 17.8. The molecule has 5 nitrogen and oxygen atoms in total. The molecule has 4 aromatic rings. The Balaban J connectivity index is 1.94. The van der Waals surface area contributed by atoms with Crippen LogP contribution >= 0.6 is 34.8 Å². The van der Waals surface area contributed by atoms with E-state index in [9.17, 15) is 5.11 Å². The SMILES string of the molecule is CCc1nn(-c2c(Cl)cc(Cl)cc2Cl)c(N(C)C)c1Cc1c(OCCO)ccc2ccccc12. The molecule has 0 bridgehead atoms. The summed E-state index contributed by atoms with van der Waals surface area (Å²) in [6.45, 7) is 2.25. The molecule has 8 heteroatoms. The largest absolute Gasteiger partial charge is 0.491 e. The number of anilines is 1. The van der Waals surface area contributed by atoms with E-state index in [1.165, 1.54) is 0 Å². The van der Waals surface area contributed by atoms with Gasteiger partial charge in [0.05, 0.1) is 22.3 Å². The monoisotopic (exact) mass is 517 g/mol. The normalized spacial score (nSPS) is 11.3. The summed E-state index contributed by atoms with van der Waals surface area (Å²) in [6, 6.07) is 15.6. The Hall–Kier alpha value is -2.44. The third-order valence-corrected chi connectivity index (χ3v) is 6.49. The van der Waals surface area contributed by atoms with Crippen LogP contribution in [0.1, 0.15) is 23.7 Å². The predicted octanol–water partition coefficient (Wildman–Crippen LogP) is 6.58. The Morgan fingerprint density at radius 3 is 2.35 bits per heavy atom. The smallest absolute Gasteiger partial charge is 0.135 e. The Morgan fingerprint density at radius 2 is 1.71 bits per heavy atom. The minimum atomic E-state index is -0.0546. The highest BCUT2D eigenvalue weighted by atomic mass is 35.5. The van der Waals surface area contributed by atoms with Gasteiger partial charge in [0.15, 0.2) is 0 Å². The first-order valence-corrected chi connectivity index (χ1v) is 12.2. The molecule has 0 aliphatic heterocycles. The van der Waals surface area contributed by atoms with E-state index < -0.39 is 0 Å². The van der Waals surface area contributed by atoms with Gasteiger partial charge in [-0.2, -0.15) is 5.10 Å². The number of fused-ring (bicyclic) bond motifs is 1. The first-order valence-electron chi connectivity index (χ1n) is 11.0. The summed E-state index contributed by atoms with van der Waals surface area (Å²) in [4.78, 5) is 2.02. The summed E-state index contributed by atoms with van der Waals surface area (Å²) in [6.07, 6.45) is 1.31. The van der Waals surface area contributed by atoms with Crippen molar-refractivity contribution < 1.29 is 9.84 Å². The molecule has 0 amide bonds. The Labute approximate surface area is 214 Å². The van der Waals surface area contributed by atoms with E-state index in [1.54, 1.807) is 16.8 Å². The van der Waals surface area contributed by atoms with Crippen molar-refractivity contribution in [2.75, 3.05) is 32.2 Å². The first-order chi connectivity index (χ1) is 16.3. The molecule has 4 rings (SSSR count). The molecule has 0 atom stereocenters. The van der Waals surface area contributed by atoms with Crippen molar-refractivity contribution in [1.29, 1.82) is 0 Å². The molecule has 0 fully saturated rings. The van der Waals surface area contributed by atoms with Gasteiger partial charge in [0.25, 0.3) is 0 Å². The quantitative estimate of drug-likeness (QED) is 0.286. The van der Waals surface area contributed by atoms with Crippen LogP contribution in [0, 0.1) is 0 Å². The van der Waals surface area contributed by atoms with Crippen molar-refractivity contribution in [3.05, 3.63) is 80.4 Å². The average molecular weight is 519 g/mol. The van der Waals surface area contributed by atoms with Crippen molar-refractivity contribution >= 4 is 51.4 Å². The molecule has 0 unspecified atom stereocenters. The minimum Gasteiger partial charge on any atom is -0.491 e. The number of halogens is 3. The fourth-order valence-electron chi connectivity index (χ4n) is 4.27. The second-order valence-corrected chi connectivity index (χ2v) is 9.39. The highest BCUT2D eigenvalue weighted by Gasteiger charge is 2.24. The number of aliphatic hydroxyl groups is 1. The third-order valence-electron chi connectivity index (χ3n) is 5.69. The highest BCUT2D eigenvalue weighted by molar-refractivity contribution is 6.40. The predicted molar refractivity (Wildman–Crippen MR) is 142 cm³/mol. The Morgan fingerprint density at radius 1 is 1.00 bits per heavy atom. The van der Waals surface area contributed by atoms with E-state index in [4.69, 9.17) is 44.6 Å². The molecule has 0 radical (unpaired) electrons. The van der Waals surface area contributed by atoms with Gasteiger partial charge in [-0.05, 0) is 35.4 Å². The maximum atomic E-state index is 9.34. The van der Waals surface area contributed by atoms with Crippen LogP contribution < -0.4 is 9.64 Å². The number of rotatable bonds is 8. The van der Waals surface area contributed by atoms with Crippen molar-refractivity contribution in [3.63, 3.8) is 0 Å². The van der Waals surface area contributed by atoms with Gasteiger partial charge >= 0.3 is 0 Å². The third kappa shape index (κ3) is 4.71. The van der Waals surface area contributed by atoms with Gasteiger partial charge in [0, 0.05) is 36.7 Å². The van der Waals surface area contributed by atoms with Crippen LogP contribution in [0.25, 0.3) is 16.5 Å². The zero-order valence-electron chi connectivity index (χ0n) is 19.3. The molecular formula is C26H26Cl3N3O2. The molecule has 1 N–H and O–H groups in total. The molecule has 178 valence electrons. The van der Waals surface area contributed by atoms with E-state index in [0.29, 0.717) is 27.2 Å². The number of nitrogens with zero attached hydrogens (tertiary/aromatic N) is 3. The summed E-state index contributed by atoms with van der Waals surface area (Å²) < 4.78 is 7.74. The lowest BCUT2D eigenvalue weighted by molar-refractivity contribution is 0.200. The first kappa shape index (κ1) is 24.7. The van der Waals surface area contributed by atoms with Crippen LogP contribution in [0.3, 0.4) is 0 Å². The van der Waals surface area contributed by atoms with E-state index in [2.05, 4.69) is 19.1 Å². The summed E-state index contributed by atoms with van der Waals surface area (Å²) in [7, 11) is 3.95. The molecule has 34 heavy (non-hydrogen) atoms. The van der Waals surface area contributed by atoms with Crippen molar-refractivity contribution in [2.24, 2.45) is 0 Å². The lowest BCUT2D eigenvalue weighted by atomic mass is 9.96. The minimum absolute atomic E-state index is 0.0546. The zero-order chi connectivity index (χ0) is 24.4. The Kier molecular flexibility index (Phi) is 7.58. The van der Waals surface area contributed by atoms with Crippen LogP contribution in [0.2, 0.25) is 15.1 Å². The molecule has 0 aliphatic carbocycles. The van der Waals surface area contributed by atoms with Gasteiger partial charge in [-0.3, -0.25) is 0 Å². The maximum absolute atomic E-state index is 9.34. The number of hydrogen-bond acceptors (Lipinski definition) is 4. The van der Waals surface area contributed by atoms with Crippen molar-refractivity contribution in [2.45, 2.75) is 19.8 Å². The van der Waals surface area contributed by atoms with Gasteiger partial charge in [0.1, 0.15) is 23.9 Å². The maximum Gasteiger partial charge on any atom is 0.135 e. The molecule has 0 saturated heterocycles. The van der Waals surface area contributed by atoms with Crippen LogP contribution in [0.4, 0.5) is 5.82 Å². The van der Waals surface area contributed by atoms with Gasteiger partial charge < -0.3 is 14.7 Å².